The molecule has 13 aromatic rings. The van der Waals surface area contributed by atoms with Crippen molar-refractivity contribution in [2.75, 3.05) is 21.3 Å². The van der Waals surface area contributed by atoms with Gasteiger partial charge in [0.15, 0.2) is 11.5 Å². The molecule has 4 aliphatic rings. The number of aryl methyl sites for hydroxylation is 3. The van der Waals surface area contributed by atoms with E-state index in [1.165, 1.54) is 105 Å². The van der Waals surface area contributed by atoms with E-state index in [0.717, 1.165) is 159 Å². The summed E-state index contributed by atoms with van der Waals surface area (Å²) in [6, 6.07) is 29.1. The van der Waals surface area contributed by atoms with E-state index in [2.05, 4.69) is 44.2 Å². The largest absolute Gasteiger partial charge is 0.456 e. The number of hydrogen-bond acceptors (Lipinski definition) is 21. The van der Waals surface area contributed by atoms with Crippen LogP contribution in [0.2, 0.25) is 0 Å². The summed E-state index contributed by atoms with van der Waals surface area (Å²) in [5, 5.41) is 48.5. The van der Waals surface area contributed by atoms with Crippen molar-refractivity contribution in [2.45, 2.75) is 110 Å². The highest BCUT2D eigenvalue weighted by Crippen LogP contribution is 2.44. The predicted octanol–water partition coefficient (Wildman–Crippen LogP) is 16.0. The van der Waals surface area contributed by atoms with Gasteiger partial charge in [0, 0.05) is 106 Å². The number of rotatable bonds is 17. The van der Waals surface area contributed by atoms with Crippen molar-refractivity contribution < 1.29 is 62.0 Å². The van der Waals surface area contributed by atoms with Crippen molar-refractivity contribution >= 4 is 184 Å². The van der Waals surface area contributed by atoms with Crippen LogP contribution < -0.4 is 44.2 Å². The number of thiophene rings is 5. The molecule has 17 rings (SSSR count). The molecule has 14 N–H and O–H groups in total. The van der Waals surface area contributed by atoms with Gasteiger partial charge in [0.25, 0.3) is 64.3 Å². The van der Waals surface area contributed by atoms with Gasteiger partial charge in [0.2, 0.25) is 0 Å². The Morgan fingerprint density at radius 3 is 1.52 bits per heavy atom. The third kappa shape index (κ3) is 16.1. The van der Waals surface area contributed by atoms with E-state index < -0.39 is 50.2 Å². The normalized spacial score (nSPS) is 14.0. The van der Waals surface area contributed by atoms with Gasteiger partial charge in [-0.25, -0.2) is 0 Å². The van der Waals surface area contributed by atoms with Crippen molar-refractivity contribution in [3.05, 3.63) is 243 Å². The minimum atomic E-state index is -0.565. The number of aromatic nitrogens is 2. The molecule has 4 aromatic carbocycles. The standard InChI is InChI=1S/C24H23N3O3S.C18H16N4O4S.C18H15N3O5S.C18H15N3O4S2/c1-13-6-8-17-20(10-13)31-24(21(17)22(25)28)27-23(29)19-9-7-15(30-19)11-14-12-26-18-5-3-2-4-16(14)18;19-16(23)15-11-3-1-2-4-14(11)27-18(15)21-17(24)13-8-9-7-10(22(25)26)5-6-12(9)20-13;19-16(22)15-11-3-1-2-4-14(11)27-18(15)20-17(23)13-8-9-7-10(21(24)25)5-6-12(9)26-13;19-16(22)15-11-3-1-2-4-13(11)27-18(15)20-17(23)14-8-9-7-10(21(24)25)5-6-12(9)26-14/h2-5,7,9,12-13,26H,6,8,10-11H2,1H3,(H2,25,28)(H,27,29);5-8,20H,1-4H2,(H2,19,23)(H,21,24);2*5-8H,1-4H2,(H2,19,22)(H,20,23). The Hall–Kier alpha value is -12.5. The first-order chi connectivity index (χ1) is 53.8. The van der Waals surface area contributed by atoms with Crippen LogP contribution in [0, 0.1) is 36.3 Å². The van der Waals surface area contributed by atoms with E-state index in [-0.39, 0.29) is 46.1 Å². The predicted molar refractivity (Wildman–Crippen MR) is 430 cm³/mol. The molecule has 112 heavy (non-hydrogen) atoms. The molecule has 4 aliphatic carbocycles. The number of H-pyrrole nitrogens is 2. The van der Waals surface area contributed by atoms with Gasteiger partial charge in [-0.1, -0.05) is 25.1 Å². The molecule has 34 heteroatoms. The summed E-state index contributed by atoms with van der Waals surface area (Å²) < 4.78 is 12.1. The van der Waals surface area contributed by atoms with E-state index >= 15 is 0 Å². The van der Waals surface area contributed by atoms with Crippen molar-refractivity contribution in [3.63, 3.8) is 0 Å². The summed E-state index contributed by atoms with van der Waals surface area (Å²) >= 11 is 6.86. The summed E-state index contributed by atoms with van der Waals surface area (Å²) in [5.74, 6) is -2.33. The number of nitrogens with two attached hydrogens (primary N) is 4. The molecule has 572 valence electrons. The van der Waals surface area contributed by atoms with E-state index in [0.29, 0.717) is 92.5 Å². The summed E-state index contributed by atoms with van der Waals surface area (Å²) in [4.78, 5) is 141. The van der Waals surface area contributed by atoms with Crippen LogP contribution in [0.4, 0.5) is 37.1 Å². The summed E-state index contributed by atoms with van der Waals surface area (Å²) in [5.41, 5.74) is 31.0. The van der Waals surface area contributed by atoms with E-state index in [4.69, 9.17) is 31.8 Å². The van der Waals surface area contributed by atoms with Gasteiger partial charge in [0.1, 0.15) is 37.0 Å². The first kappa shape index (κ1) is 76.3. The summed E-state index contributed by atoms with van der Waals surface area (Å²) in [6.07, 6.45) is 16.4. The molecule has 1 atom stereocenters. The van der Waals surface area contributed by atoms with Gasteiger partial charge >= 0.3 is 0 Å². The fraction of sp³-hybridized carbons (Fsp3) is 0.231. The number of nitrogens with zero attached hydrogens (tertiary/aromatic N) is 3. The Morgan fingerprint density at radius 2 is 0.955 bits per heavy atom. The van der Waals surface area contributed by atoms with Gasteiger partial charge < -0.3 is 63.0 Å². The zero-order valence-corrected chi connectivity index (χ0v) is 63.7. The molecule has 0 radical (unpaired) electrons. The molecule has 0 saturated carbocycles. The number of primary amides is 4. The maximum Gasteiger partial charge on any atom is 0.292 e. The number of nitrogens with one attached hydrogen (secondary N) is 6. The second kappa shape index (κ2) is 32.2. The second-order valence-electron chi connectivity index (χ2n) is 27.3. The monoisotopic (exact) mass is 1600 g/mol. The molecule has 29 nitrogen and oxygen atoms in total. The lowest BCUT2D eigenvalue weighted by atomic mass is 9.88. The topological polar surface area (TPSA) is 476 Å². The Balaban J connectivity index is 0.000000124. The lowest BCUT2D eigenvalue weighted by Crippen LogP contribution is -2.19. The molecule has 0 spiro atoms. The quantitative estimate of drug-likeness (QED) is 0.0299. The minimum absolute atomic E-state index is 0.00675. The molecule has 9 aromatic heterocycles. The Kier molecular flexibility index (Phi) is 21.9. The molecule has 1 unspecified atom stereocenters. The number of carbonyl (C=O) groups excluding carboxylic acids is 8. The summed E-state index contributed by atoms with van der Waals surface area (Å²) in [6.45, 7) is 2.20. The van der Waals surface area contributed by atoms with Gasteiger partial charge in [0.05, 0.1) is 41.9 Å². The smallest absolute Gasteiger partial charge is 0.292 e. The number of fused-ring (bicyclic) bond motifs is 8. The number of anilines is 4. The zero-order chi connectivity index (χ0) is 78.9. The number of non-ortho nitro benzene ring substituents is 3. The highest BCUT2D eigenvalue weighted by molar-refractivity contribution is 7.21. The van der Waals surface area contributed by atoms with E-state index in [1.807, 2.05) is 30.5 Å². The number of aromatic amines is 2. The maximum atomic E-state index is 12.8. The second-order valence-corrected chi connectivity index (χ2v) is 32.8. The SMILES string of the molecule is CC1CCc2c(sc(NC(=O)c3ccc(Cc4c[nH]c5ccccc45)o3)c2C(N)=O)C1.NC(=O)c1c(NC(=O)c2cc3cc([N+](=O)[O-])ccc3[nH]2)sc2c1CCCC2.NC(=O)c1c(NC(=O)c2cc3cc([N+](=O)[O-])ccc3o2)sc2c1CCCC2.NC(=O)c1c(NC(=O)c2cc3cc([N+](=O)[O-])ccc3s2)sc2c1CCCC2. The zero-order valence-electron chi connectivity index (χ0n) is 59.6. The first-order valence-electron chi connectivity index (χ1n) is 35.6. The van der Waals surface area contributed by atoms with Crippen LogP contribution in [0.15, 0.2) is 124 Å². The number of nitro groups is 3. The van der Waals surface area contributed by atoms with E-state index in [9.17, 15) is 68.7 Å². The summed E-state index contributed by atoms with van der Waals surface area (Å²) in [7, 11) is 0. The fourth-order valence-corrected chi connectivity index (χ4v) is 20.7. The third-order valence-corrected chi connectivity index (χ3v) is 25.7. The van der Waals surface area contributed by atoms with Crippen molar-refractivity contribution in [1.82, 2.24) is 9.97 Å². The molecule has 0 fully saturated rings. The van der Waals surface area contributed by atoms with Gasteiger partial charge in [-0.15, -0.1) is 56.7 Å². The van der Waals surface area contributed by atoms with Gasteiger partial charge in [-0.05, 0) is 185 Å². The van der Waals surface area contributed by atoms with Gasteiger partial charge in [-0.2, -0.15) is 0 Å². The number of amides is 8. The molecular weight excluding hydrogens is 1540 g/mol. The highest BCUT2D eigenvalue weighted by Gasteiger charge is 2.32. The average Bonchev–Trinajstić information content (AvgIpc) is 1.65. The molecule has 0 bridgehead atoms. The third-order valence-electron chi connectivity index (χ3n) is 19.8. The molecule has 8 amide bonds. The number of furan rings is 2. The number of hydrogen-bond donors (Lipinski definition) is 10. The van der Waals surface area contributed by atoms with Gasteiger partial charge in [-0.3, -0.25) is 68.7 Å². The molecule has 9 heterocycles. The fourth-order valence-electron chi connectivity index (χ4n) is 14.4. The van der Waals surface area contributed by atoms with Crippen molar-refractivity contribution in [3.8, 4) is 0 Å². The number of benzene rings is 4. The van der Waals surface area contributed by atoms with E-state index in [1.54, 1.807) is 30.3 Å². The Morgan fingerprint density at radius 1 is 0.473 bits per heavy atom. The highest BCUT2D eigenvalue weighted by atomic mass is 32.1. The molecular formula is C78H69N13O16S5. The molecule has 0 saturated heterocycles. The first-order valence-corrected chi connectivity index (χ1v) is 39.7. The Labute approximate surface area is 654 Å². The lowest BCUT2D eigenvalue weighted by molar-refractivity contribution is -0.384. The van der Waals surface area contributed by atoms with Crippen LogP contribution in [-0.2, 0) is 57.8 Å². The molecule has 0 aliphatic heterocycles. The Bertz CT molecular complexity index is 5620. The van der Waals surface area contributed by atoms with Crippen molar-refractivity contribution in [1.29, 1.82) is 0 Å². The maximum absolute atomic E-state index is 12.8. The average molecular weight is 1600 g/mol. The number of para-hydroxylation sites is 1. The van der Waals surface area contributed by atoms with Crippen LogP contribution in [-0.4, -0.2) is 72.0 Å². The number of nitro benzene ring substituents is 3. The van der Waals surface area contributed by atoms with Crippen molar-refractivity contribution in [2.24, 2.45) is 28.9 Å². The van der Waals surface area contributed by atoms with Crippen LogP contribution in [0.25, 0.3) is 42.9 Å². The van der Waals surface area contributed by atoms with Crippen LogP contribution >= 0.6 is 56.7 Å². The van der Waals surface area contributed by atoms with Crippen LogP contribution in [0.1, 0.15) is 188 Å². The number of carbonyl (C=O) groups is 8. The lowest BCUT2D eigenvalue weighted by Gasteiger charge is -2.18. The van der Waals surface area contributed by atoms with Crippen LogP contribution in [0.3, 0.4) is 0 Å². The minimum Gasteiger partial charge on any atom is -0.456 e. The van der Waals surface area contributed by atoms with Crippen LogP contribution in [0.5, 0.6) is 0 Å².